The Morgan fingerprint density at radius 3 is 2.39 bits per heavy atom. The summed E-state index contributed by atoms with van der Waals surface area (Å²) >= 11 is 0. The van der Waals surface area contributed by atoms with Crippen LogP contribution in [-0.2, 0) is 27.4 Å². The molecule has 0 aliphatic rings. The average Bonchev–Trinajstić information content (AvgIpc) is 2.51. The Kier molecular flexibility index (Phi) is 8.98. The minimum Gasteiger partial charge on any atom is -0.481 e. The van der Waals surface area contributed by atoms with Gasteiger partial charge in [0.25, 0.3) is 0 Å². The van der Waals surface area contributed by atoms with Crippen LogP contribution < -0.4 is 5.73 Å². The molecule has 0 fully saturated rings. The van der Waals surface area contributed by atoms with Gasteiger partial charge in [0.05, 0.1) is 6.61 Å². The maximum atomic E-state index is 10.7. The minimum absolute atomic E-state index is 0.236. The van der Waals surface area contributed by atoms with Crippen molar-refractivity contribution in [2.45, 2.75) is 52.1 Å². The molecule has 0 unspecified atom stereocenters. The van der Waals surface area contributed by atoms with Crippen LogP contribution in [0.15, 0.2) is 24.3 Å². The average molecular weight is 321 g/mol. The molecular weight excluding hydrogens is 294 g/mol. The van der Waals surface area contributed by atoms with Crippen LogP contribution in [0.3, 0.4) is 0 Å². The number of hydrogen-bond donors (Lipinski definition) is 2. The standard InChI is InChI=1S/C18H27NO4/c1-14(6-11-17(19)20)12-23-13-16-9-7-15(8-10-16)4-2-3-5-18(21)22/h7-10,14H,2-6,11-13H2,1H3,(H2,19,20)(H,21,22)/t14-/m0/s1. The molecule has 0 saturated carbocycles. The highest BCUT2D eigenvalue weighted by molar-refractivity contribution is 5.73. The van der Waals surface area contributed by atoms with E-state index in [1.54, 1.807) is 0 Å². The minimum atomic E-state index is -0.734. The Morgan fingerprint density at radius 1 is 1.13 bits per heavy atom. The van der Waals surface area contributed by atoms with E-state index in [0.29, 0.717) is 32.0 Å². The molecule has 3 N–H and O–H groups in total. The zero-order valence-electron chi connectivity index (χ0n) is 13.8. The Bertz CT molecular complexity index is 484. The van der Waals surface area contributed by atoms with Gasteiger partial charge in [-0.15, -0.1) is 0 Å². The zero-order chi connectivity index (χ0) is 17.1. The topological polar surface area (TPSA) is 89.6 Å². The molecule has 1 rings (SSSR count). The number of aryl methyl sites for hydroxylation is 1. The van der Waals surface area contributed by atoms with Crippen molar-refractivity contribution in [3.8, 4) is 0 Å². The monoisotopic (exact) mass is 321 g/mol. The summed E-state index contributed by atoms with van der Waals surface area (Å²) in [4.78, 5) is 21.2. The van der Waals surface area contributed by atoms with Crippen LogP contribution in [0.2, 0.25) is 0 Å². The van der Waals surface area contributed by atoms with Crippen molar-refractivity contribution in [3.63, 3.8) is 0 Å². The van der Waals surface area contributed by atoms with Crippen molar-refractivity contribution in [1.29, 1.82) is 0 Å². The summed E-state index contributed by atoms with van der Waals surface area (Å²) in [5.41, 5.74) is 7.45. The molecule has 0 aliphatic heterocycles. The van der Waals surface area contributed by atoms with Gasteiger partial charge in [-0.3, -0.25) is 9.59 Å². The van der Waals surface area contributed by atoms with Crippen LogP contribution >= 0.6 is 0 Å². The van der Waals surface area contributed by atoms with Crippen molar-refractivity contribution in [1.82, 2.24) is 0 Å². The Hall–Kier alpha value is -1.88. The van der Waals surface area contributed by atoms with Gasteiger partial charge in [-0.1, -0.05) is 31.2 Å². The van der Waals surface area contributed by atoms with E-state index >= 15 is 0 Å². The molecule has 0 aliphatic carbocycles. The second kappa shape index (κ2) is 10.8. The molecule has 0 bridgehead atoms. The summed E-state index contributed by atoms with van der Waals surface area (Å²) in [6.07, 6.45) is 3.90. The molecule has 0 radical (unpaired) electrons. The molecular formula is C18H27NO4. The quantitative estimate of drug-likeness (QED) is 0.579. The SMILES string of the molecule is C[C@@H](CCC(N)=O)COCc1ccc(CCCCC(=O)O)cc1. The summed E-state index contributed by atoms with van der Waals surface area (Å²) in [5.74, 6) is -0.686. The zero-order valence-corrected chi connectivity index (χ0v) is 13.8. The number of carboxylic acid groups (broad SMARTS) is 1. The lowest BCUT2D eigenvalue weighted by atomic mass is 10.1. The van der Waals surface area contributed by atoms with Crippen LogP contribution in [0, 0.1) is 5.92 Å². The normalized spacial score (nSPS) is 12.0. The van der Waals surface area contributed by atoms with E-state index in [1.165, 1.54) is 5.56 Å². The summed E-state index contributed by atoms with van der Waals surface area (Å²) in [5, 5.41) is 8.59. The van der Waals surface area contributed by atoms with Gasteiger partial charge in [0.1, 0.15) is 0 Å². The molecule has 1 atom stereocenters. The number of amides is 1. The van der Waals surface area contributed by atoms with Gasteiger partial charge in [0, 0.05) is 19.4 Å². The molecule has 1 aromatic carbocycles. The van der Waals surface area contributed by atoms with E-state index in [2.05, 4.69) is 12.1 Å². The molecule has 0 heterocycles. The number of aliphatic carboxylic acids is 1. The van der Waals surface area contributed by atoms with Crippen molar-refractivity contribution >= 4 is 11.9 Å². The number of nitrogens with two attached hydrogens (primary N) is 1. The fraction of sp³-hybridized carbons (Fsp3) is 0.556. The number of unbranched alkanes of at least 4 members (excludes halogenated alkanes) is 1. The molecule has 1 aromatic rings. The first-order chi connectivity index (χ1) is 11.0. The van der Waals surface area contributed by atoms with Gasteiger partial charge in [0.15, 0.2) is 0 Å². The Balaban J connectivity index is 2.20. The number of carboxylic acids is 1. The number of carbonyl (C=O) groups is 2. The number of ether oxygens (including phenoxy) is 1. The lowest BCUT2D eigenvalue weighted by molar-refractivity contribution is -0.137. The Morgan fingerprint density at radius 2 is 1.78 bits per heavy atom. The van der Waals surface area contributed by atoms with Crippen LogP contribution in [0.4, 0.5) is 0 Å². The highest BCUT2D eigenvalue weighted by Crippen LogP contribution is 2.11. The number of benzene rings is 1. The highest BCUT2D eigenvalue weighted by atomic mass is 16.5. The predicted octanol–water partition coefficient (Wildman–Crippen LogP) is 2.90. The predicted molar refractivity (Wildman–Crippen MR) is 88.9 cm³/mol. The van der Waals surface area contributed by atoms with Crippen LogP contribution in [-0.4, -0.2) is 23.6 Å². The molecule has 0 aromatic heterocycles. The smallest absolute Gasteiger partial charge is 0.303 e. The first-order valence-electron chi connectivity index (χ1n) is 8.13. The second-order valence-corrected chi connectivity index (χ2v) is 6.04. The van der Waals surface area contributed by atoms with Crippen molar-refractivity contribution in [2.24, 2.45) is 11.7 Å². The van der Waals surface area contributed by atoms with E-state index in [9.17, 15) is 9.59 Å². The van der Waals surface area contributed by atoms with Gasteiger partial charge in [-0.05, 0) is 42.7 Å². The number of hydrogen-bond acceptors (Lipinski definition) is 3. The third kappa shape index (κ3) is 9.68. The van der Waals surface area contributed by atoms with E-state index in [-0.39, 0.29) is 12.3 Å². The molecule has 23 heavy (non-hydrogen) atoms. The van der Waals surface area contributed by atoms with Gasteiger partial charge in [-0.25, -0.2) is 0 Å². The summed E-state index contributed by atoms with van der Waals surface area (Å²) in [7, 11) is 0. The van der Waals surface area contributed by atoms with E-state index < -0.39 is 5.97 Å². The van der Waals surface area contributed by atoms with Crippen LogP contribution in [0.1, 0.15) is 50.2 Å². The summed E-state index contributed by atoms with van der Waals surface area (Å²) < 4.78 is 5.66. The first-order valence-corrected chi connectivity index (χ1v) is 8.13. The Labute approximate surface area is 137 Å². The van der Waals surface area contributed by atoms with Crippen molar-refractivity contribution < 1.29 is 19.4 Å². The lowest BCUT2D eigenvalue weighted by Crippen LogP contribution is -2.14. The molecule has 5 heteroatoms. The van der Waals surface area contributed by atoms with Gasteiger partial charge in [-0.2, -0.15) is 0 Å². The van der Waals surface area contributed by atoms with E-state index in [1.807, 2.05) is 19.1 Å². The number of rotatable bonds is 12. The number of primary amides is 1. The van der Waals surface area contributed by atoms with E-state index in [4.69, 9.17) is 15.6 Å². The van der Waals surface area contributed by atoms with Gasteiger partial charge < -0.3 is 15.6 Å². The van der Waals surface area contributed by atoms with Crippen molar-refractivity contribution in [2.75, 3.05) is 6.61 Å². The van der Waals surface area contributed by atoms with Crippen LogP contribution in [0.5, 0.6) is 0 Å². The van der Waals surface area contributed by atoms with Gasteiger partial charge in [0.2, 0.25) is 5.91 Å². The van der Waals surface area contributed by atoms with E-state index in [0.717, 1.165) is 24.8 Å². The number of carbonyl (C=O) groups excluding carboxylic acids is 1. The third-order valence-electron chi connectivity index (χ3n) is 3.68. The summed E-state index contributed by atoms with van der Waals surface area (Å²) in [6.45, 7) is 3.22. The van der Waals surface area contributed by atoms with Gasteiger partial charge >= 0.3 is 5.97 Å². The second-order valence-electron chi connectivity index (χ2n) is 6.04. The maximum Gasteiger partial charge on any atom is 0.303 e. The molecule has 5 nitrogen and oxygen atoms in total. The maximum absolute atomic E-state index is 10.7. The largest absolute Gasteiger partial charge is 0.481 e. The first kappa shape index (κ1) is 19.2. The molecule has 0 spiro atoms. The van der Waals surface area contributed by atoms with Crippen molar-refractivity contribution in [3.05, 3.63) is 35.4 Å². The molecule has 0 saturated heterocycles. The molecule has 1 amide bonds. The molecule has 128 valence electrons. The fourth-order valence-electron chi connectivity index (χ4n) is 2.26. The lowest BCUT2D eigenvalue weighted by Gasteiger charge is -2.11. The summed E-state index contributed by atoms with van der Waals surface area (Å²) in [6, 6.07) is 8.22. The third-order valence-corrected chi connectivity index (χ3v) is 3.68. The van der Waals surface area contributed by atoms with Crippen LogP contribution in [0.25, 0.3) is 0 Å². The highest BCUT2D eigenvalue weighted by Gasteiger charge is 2.05. The fourth-order valence-corrected chi connectivity index (χ4v) is 2.26.